The highest BCUT2D eigenvalue weighted by Crippen LogP contribution is 2.12. The smallest absolute Gasteiger partial charge is 0.239 e. The van der Waals surface area contributed by atoms with Crippen molar-refractivity contribution in [2.45, 2.75) is 19.4 Å². The highest BCUT2D eigenvalue weighted by Gasteiger charge is 2.17. The lowest BCUT2D eigenvalue weighted by Crippen LogP contribution is -2.43. The van der Waals surface area contributed by atoms with Gasteiger partial charge in [-0.05, 0) is 31.0 Å². The van der Waals surface area contributed by atoms with Crippen LogP contribution in [0.5, 0.6) is 5.75 Å². The van der Waals surface area contributed by atoms with Crippen molar-refractivity contribution in [1.82, 2.24) is 4.90 Å². The summed E-state index contributed by atoms with van der Waals surface area (Å²) in [7, 11) is 3.32. The second kappa shape index (κ2) is 8.55. The van der Waals surface area contributed by atoms with Crippen LogP contribution < -0.4 is 10.5 Å². The molecule has 1 atom stereocenters. The van der Waals surface area contributed by atoms with Crippen LogP contribution in [0.15, 0.2) is 24.3 Å². The highest BCUT2D eigenvalue weighted by molar-refractivity contribution is 5.81. The number of amides is 1. The van der Waals surface area contributed by atoms with Gasteiger partial charge in [0.05, 0.1) is 12.6 Å². The topological polar surface area (TPSA) is 64.8 Å². The lowest BCUT2D eigenvalue weighted by Gasteiger charge is -2.21. The molecule has 1 rings (SSSR count). The fourth-order valence-electron chi connectivity index (χ4n) is 1.77. The Morgan fingerprint density at radius 1 is 1.40 bits per heavy atom. The first-order valence-electron chi connectivity index (χ1n) is 6.73. The summed E-state index contributed by atoms with van der Waals surface area (Å²) in [6, 6.07) is 7.31. The fraction of sp³-hybridized carbons (Fsp3) is 0.533. The van der Waals surface area contributed by atoms with Crippen molar-refractivity contribution in [2.24, 2.45) is 5.73 Å². The molecule has 0 saturated heterocycles. The summed E-state index contributed by atoms with van der Waals surface area (Å²) in [5, 5.41) is 0. The normalized spacial score (nSPS) is 12.0. The van der Waals surface area contributed by atoms with Crippen LogP contribution in [0.4, 0.5) is 0 Å². The summed E-state index contributed by atoms with van der Waals surface area (Å²) in [6.45, 7) is 3.45. The zero-order valence-electron chi connectivity index (χ0n) is 12.5. The van der Waals surface area contributed by atoms with Crippen molar-refractivity contribution in [1.29, 1.82) is 0 Å². The van der Waals surface area contributed by atoms with Gasteiger partial charge in [-0.2, -0.15) is 0 Å². The standard InChI is InChI=1S/C15H24N2O3/c1-12-5-4-6-13(11-12)20-10-8-17(2)15(18)14(16)7-9-19-3/h4-6,11,14H,7-10,16H2,1-3H3. The maximum Gasteiger partial charge on any atom is 0.239 e. The van der Waals surface area contributed by atoms with E-state index < -0.39 is 6.04 Å². The first kappa shape index (κ1) is 16.5. The van der Waals surface area contributed by atoms with Gasteiger partial charge in [0, 0.05) is 20.8 Å². The van der Waals surface area contributed by atoms with Crippen LogP contribution in [-0.4, -0.2) is 50.8 Å². The van der Waals surface area contributed by atoms with E-state index in [0.717, 1.165) is 11.3 Å². The Kier molecular flexibility index (Phi) is 7.04. The summed E-state index contributed by atoms with van der Waals surface area (Å²) in [5.41, 5.74) is 6.94. The molecule has 0 saturated carbocycles. The average Bonchev–Trinajstić information content (AvgIpc) is 2.43. The van der Waals surface area contributed by atoms with Crippen LogP contribution in [0, 0.1) is 6.92 Å². The van der Waals surface area contributed by atoms with Gasteiger partial charge in [-0.3, -0.25) is 4.79 Å². The zero-order chi connectivity index (χ0) is 15.0. The van der Waals surface area contributed by atoms with Gasteiger partial charge in [-0.15, -0.1) is 0 Å². The molecule has 112 valence electrons. The Morgan fingerprint density at radius 3 is 2.80 bits per heavy atom. The number of likely N-dealkylation sites (N-methyl/N-ethyl adjacent to an activating group) is 1. The molecule has 0 bridgehead atoms. The third-order valence-electron chi connectivity index (χ3n) is 3.01. The molecule has 0 aliphatic heterocycles. The average molecular weight is 280 g/mol. The van der Waals surface area contributed by atoms with E-state index in [2.05, 4.69) is 0 Å². The summed E-state index contributed by atoms with van der Waals surface area (Å²) < 4.78 is 10.5. The molecule has 0 aliphatic rings. The molecule has 1 aromatic rings. The summed E-state index contributed by atoms with van der Waals surface area (Å²) in [6.07, 6.45) is 0.526. The Bertz CT molecular complexity index is 423. The molecule has 0 spiro atoms. The van der Waals surface area contributed by atoms with Crippen LogP contribution in [0.1, 0.15) is 12.0 Å². The van der Waals surface area contributed by atoms with Crippen molar-refractivity contribution in [3.8, 4) is 5.75 Å². The van der Waals surface area contributed by atoms with Crippen molar-refractivity contribution >= 4 is 5.91 Å². The van der Waals surface area contributed by atoms with Crippen LogP contribution >= 0.6 is 0 Å². The maximum atomic E-state index is 11.9. The minimum Gasteiger partial charge on any atom is -0.492 e. The van der Waals surface area contributed by atoms with E-state index in [0.29, 0.717) is 26.2 Å². The molecule has 1 aromatic carbocycles. The van der Waals surface area contributed by atoms with Gasteiger partial charge in [0.25, 0.3) is 0 Å². The molecule has 0 aliphatic carbocycles. The van der Waals surface area contributed by atoms with Gasteiger partial charge in [0.2, 0.25) is 5.91 Å². The van der Waals surface area contributed by atoms with Crippen LogP contribution in [-0.2, 0) is 9.53 Å². The molecule has 1 unspecified atom stereocenters. The number of rotatable bonds is 8. The third-order valence-corrected chi connectivity index (χ3v) is 3.01. The number of nitrogens with zero attached hydrogens (tertiary/aromatic N) is 1. The van der Waals surface area contributed by atoms with E-state index in [1.165, 1.54) is 0 Å². The lowest BCUT2D eigenvalue weighted by atomic mass is 10.2. The minimum absolute atomic E-state index is 0.0881. The van der Waals surface area contributed by atoms with Crippen molar-refractivity contribution in [3.63, 3.8) is 0 Å². The molecule has 5 nitrogen and oxygen atoms in total. The molecule has 0 fully saturated rings. The number of hydrogen-bond acceptors (Lipinski definition) is 4. The Morgan fingerprint density at radius 2 is 2.15 bits per heavy atom. The second-order valence-electron chi connectivity index (χ2n) is 4.81. The van der Waals surface area contributed by atoms with Gasteiger partial charge >= 0.3 is 0 Å². The van der Waals surface area contributed by atoms with E-state index in [4.69, 9.17) is 15.2 Å². The molecule has 20 heavy (non-hydrogen) atoms. The van der Waals surface area contributed by atoms with E-state index in [1.54, 1.807) is 19.1 Å². The first-order valence-corrected chi connectivity index (χ1v) is 6.73. The van der Waals surface area contributed by atoms with Crippen molar-refractivity contribution in [2.75, 3.05) is 33.9 Å². The van der Waals surface area contributed by atoms with Gasteiger partial charge in [0.1, 0.15) is 12.4 Å². The zero-order valence-corrected chi connectivity index (χ0v) is 12.5. The number of ether oxygens (including phenoxy) is 2. The molecule has 0 aromatic heterocycles. The molecule has 5 heteroatoms. The van der Waals surface area contributed by atoms with Crippen molar-refractivity contribution in [3.05, 3.63) is 29.8 Å². The van der Waals surface area contributed by atoms with Crippen LogP contribution in [0.3, 0.4) is 0 Å². The Hall–Kier alpha value is -1.59. The minimum atomic E-state index is -0.515. The van der Waals surface area contributed by atoms with E-state index in [9.17, 15) is 4.79 Å². The predicted octanol–water partition coefficient (Wildman–Crippen LogP) is 1.20. The monoisotopic (exact) mass is 280 g/mol. The number of carbonyl (C=O) groups excluding carboxylic acids is 1. The first-order chi connectivity index (χ1) is 9.54. The third kappa shape index (κ3) is 5.59. The number of nitrogens with two attached hydrogens (primary N) is 1. The Labute approximate surface area is 120 Å². The second-order valence-corrected chi connectivity index (χ2v) is 4.81. The fourth-order valence-corrected chi connectivity index (χ4v) is 1.77. The van der Waals surface area contributed by atoms with Crippen LogP contribution in [0.25, 0.3) is 0 Å². The number of aryl methyl sites for hydroxylation is 1. The molecule has 2 N–H and O–H groups in total. The number of benzene rings is 1. The summed E-state index contributed by atoms with van der Waals surface area (Å²) in [4.78, 5) is 13.5. The molecular formula is C15H24N2O3. The lowest BCUT2D eigenvalue weighted by molar-refractivity contribution is -0.132. The molecule has 1 amide bonds. The van der Waals surface area contributed by atoms with E-state index >= 15 is 0 Å². The number of carbonyl (C=O) groups is 1. The van der Waals surface area contributed by atoms with E-state index in [-0.39, 0.29) is 5.91 Å². The number of methoxy groups -OCH3 is 1. The maximum absolute atomic E-state index is 11.9. The van der Waals surface area contributed by atoms with Gasteiger partial charge in [0.15, 0.2) is 0 Å². The Balaban J connectivity index is 2.32. The van der Waals surface area contributed by atoms with Crippen molar-refractivity contribution < 1.29 is 14.3 Å². The van der Waals surface area contributed by atoms with E-state index in [1.807, 2.05) is 31.2 Å². The largest absolute Gasteiger partial charge is 0.492 e. The molecule has 0 heterocycles. The molecular weight excluding hydrogens is 256 g/mol. The van der Waals surface area contributed by atoms with Gasteiger partial charge in [-0.25, -0.2) is 0 Å². The predicted molar refractivity (Wildman–Crippen MR) is 78.8 cm³/mol. The summed E-state index contributed by atoms with van der Waals surface area (Å²) in [5.74, 6) is 0.726. The SMILES string of the molecule is COCCC(N)C(=O)N(C)CCOc1cccc(C)c1. The number of hydrogen-bond donors (Lipinski definition) is 1. The van der Waals surface area contributed by atoms with Crippen LogP contribution in [0.2, 0.25) is 0 Å². The molecule has 0 radical (unpaired) electrons. The quantitative estimate of drug-likeness (QED) is 0.777. The summed E-state index contributed by atoms with van der Waals surface area (Å²) >= 11 is 0. The van der Waals surface area contributed by atoms with Gasteiger partial charge in [-0.1, -0.05) is 12.1 Å². The van der Waals surface area contributed by atoms with Gasteiger partial charge < -0.3 is 20.1 Å². The highest BCUT2D eigenvalue weighted by atomic mass is 16.5.